The molecule has 294 valence electrons. The van der Waals surface area contributed by atoms with E-state index in [9.17, 15) is 0 Å². The molecule has 0 saturated carbocycles. The normalized spacial score (nSPS) is 11.8. The van der Waals surface area contributed by atoms with Crippen molar-refractivity contribution in [1.29, 1.82) is 0 Å². The predicted molar refractivity (Wildman–Crippen MR) is 258 cm³/mol. The van der Waals surface area contributed by atoms with Gasteiger partial charge in [0.05, 0.1) is 16.4 Å². The highest BCUT2D eigenvalue weighted by molar-refractivity contribution is 6.18. The van der Waals surface area contributed by atoms with E-state index in [1.807, 2.05) is 24.3 Å². The van der Waals surface area contributed by atoms with Crippen molar-refractivity contribution in [2.75, 3.05) is 0 Å². The number of aromatic nitrogens is 3. The summed E-state index contributed by atoms with van der Waals surface area (Å²) in [6.45, 7) is 0. The smallest absolute Gasteiger partial charge is 0.180 e. The van der Waals surface area contributed by atoms with Crippen molar-refractivity contribution in [3.63, 3.8) is 0 Å². The lowest BCUT2D eigenvalue weighted by Gasteiger charge is -2.09. The first-order chi connectivity index (χ1) is 31.2. The van der Waals surface area contributed by atoms with E-state index in [2.05, 4.69) is 187 Å². The van der Waals surface area contributed by atoms with Gasteiger partial charge in [0, 0.05) is 32.8 Å². The van der Waals surface area contributed by atoms with E-state index < -0.39 is 0 Å². The van der Waals surface area contributed by atoms with Gasteiger partial charge < -0.3 is 13.4 Å². The molecule has 0 bridgehead atoms. The van der Waals surface area contributed by atoms with Crippen molar-refractivity contribution >= 4 is 65.8 Å². The van der Waals surface area contributed by atoms with Gasteiger partial charge in [-0.3, -0.25) is 0 Å². The minimum atomic E-state index is 0.644. The maximum absolute atomic E-state index is 6.75. The Bertz CT molecular complexity index is 3900. The third-order valence-corrected chi connectivity index (χ3v) is 12.5. The molecular formula is C58H35N3O2. The summed E-state index contributed by atoms with van der Waals surface area (Å²) in [5.74, 6) is 0. The van der Waals surface area contributed by atoms with Gasteiger partial charge in [0.15, 0.2) is 5.58 Å². The first-order valence-electron chi connectivity index (χ1n) is 21.2. The van der Waals surface area contributed by atoms with E-state index in [1.165, 1.54) is 32.9 Å². The molecule has 4 heterocycles. The molecule has 0 amide bonds. The van der Waals surface area contributed by atoms with Crippen LogP contribution < -0.4 is 0 Å². The molecule has 0 unspecified atom stereocenters. The molecule has 0 spiro atoms. The van der Waals surface area contributed by atoms with Gasteiger partial charge in [0.2, 0.25) is 0 Å². The van der Waals surface area contributed by atoms with Crippen LogP contribution in [0.1, 0.15) is 0 Å². The van der Waals surface area contributed by atoms with Crippen LogP contribution in [-0.4, -0.2) is 14.5 Å². The second-order valence-corrected chi connectivity index (χ2v) is 16.1. The summed E-state index contributed by atoms with van der Waals surface area (Å²) in [5, 5.41) is 5.40. The number of fused-ring (bicyclic) bond motifs is 9. The van der Waals surface area contributed by atoms with Crippen molar-refractivity contribution in [3.8, 4) is 61.5 Å². The number of rotatable bonds is 6. The minimum Gasteiger partial charge on any atom is -0.456 e. The van der Waals surface area contributed by atoms with Crippen LogP contribution in [0, 0.1) is 0 Å². The summed E-state index contributed by atoms with van der Waals surface area (Å²) < 4.78 is 15.6. The largest absolute Gasteiger partial charge is 0.456 e. The molecule has 0 aliphatic rings. The van der Waals surface area contributed by atoms with Crippen molar-refractivity contribution in [3.05, 3.63) is 213 Å². The van der Waals surface area contributed by atoms with Crippen LogP contribution in [0.3, 0.4) is 0 Å². The minimum absolute atomic E-state index is 0.644. The summed E-state index contributed by atoms with van der Waals surface area (Å²) in [6.07, 6.45) is 1.65. The van der Waals surface area contributed by atoms with Crippen molar-refractivity contribution in [2.45, 2.75) is 0 Å². The zero-order valence-corrected chi connectivity index (χ0v) is 33.9. The standard InChI is InChI=1S/C58H35N3O2/c1-3-12-36(13-4-1)37-24-26-38(27-25-37)39-14-9-15-42(32-39)44-19-10-23-53-55(44)57-58(63-53)56(59-35-60-57)46-20-11-22-52-54(46)48-34-41(29-31-51(48)62-52)40-28-30-50-47(33-40)45-18-7-8-21-49(45)61(50)43-16-5-2-6-17-43/h1-35H. The van der Waals surface area contributed by atoms with E-state index in [4.69, 9.17) is 18.8 Å². The Morgan fingerprint density at radius 2 is 0.937 bits per heavy atom. The number of benzene rings is 9. The fourth-order valence-electron chi connectivity index (χ4n) is 9.61. The van der Waals surface area contributed by atoms with Crippen LogP contribution in [-0.2, 0) is 0 Å². The van der Waals surface area contributed by atoms with Gasteiger partial charge in [-0.25, -0.2) is 9.97 Å². The van der Waals surface area contributed by atoms with E-state index in [1.54, 1.807) is 6.33 Å². The summed E-state index contributed by atoms with van der Waals surface area (Å²) in [6, 6.07) is 72.8. The Labute approximate surface area is 361 Å². The lowest BCUT2D eigenvalue weighted by molar-refractivity contribution is 0.667. The predicted octanol–water partition coefficient (Wildman–Crippen LogP) is 15.7. The summed E-state index contributed by atoms with van der Waals surface area (Å²) in [4.78, 5) is 9.80. The summed E-state index contributed by atoms with van der Waals surface area (Å²) >= 11 is 0. The molecular weight excluding hydrogens is 771 g/mol. The van der Waals surface area contributed by atoms with Gasteiger partial charge in [-0.05, 0) is 105 Å². The van der Waals surface area contributed by atoms with Gasteiger partial charge in [-0.1, -0.05) is 146 Å². The van der Waals surface area contributed by atoms with Crippen LogP contribution in [0.5, 0.6) is 0 Å². The Morgan fingerprint density at radius 1 is 0.349 bits per heavy atom. The maximum Gasteiger partial charge on any atom is 0.180 e. The summed E-state index contributed by atoms with van der Waals surface area (Å²) in [5.41, 5.74) is 18.0. The van der Waals surface area contributed by atoms with Crippen LogP contribution in [0.25, 0.3) is 127 Å². The fraction of sp³-hybridized carbons (Fsp3) is 0. The summed E-state index contributed by atoms with van der Waals surface area (Å²) in [7, 11) is 0. The van der Waals surface area contributed by atoms with Gasteiger partial charge in [-0.15, -0.1) is 0 Å². The Balaban J connectivity index is 0.923. The van der Waals surface area contributed by atoms with E-state index in [0.717, 1.165) is 88.7 Å². The van der Waals surface area contributed by atoms with Gasteiger partial charge in [0.1, 0.15) is 34.3 Å². The molecule has 63 heavy (non-hydrogen) atoms. The Hall–Kier alpha value is -8.54. The van der Waals surface area contributed by atoms with Gasteiger partial charge in [-0.2, -0.15) is 0 Å². The third kappa shape index (κ3) is 5.64. The first kappa shape index (κ1) is 35.2. The third-order valence-electron chi connectivity index (χ3n) is 12.5. The highest BCUT2D eigenvalue weighted by atomic mass is 16.3. The molecule has 4 aromatic heterocycles. The SMILES string of the molecule is c1ccc(-c2ccc(-c3cccc(-c4cccc5oc6c(-c7cccc8oc9ccc(-c%10ccc%11c(c%10)c%10ccccc%10n%11-c%10ccccc%10)cc9c78)ncnc6c45)c3)cc2)cc1. The Morgan fingerprint density at radius 3 is 1.76 bits per heavy atom. The molecule has 13 rings (SSSR count). The average molecular weight is 806 g/mol. The maximum atomic E-state index is 6.75. The highest BCUT2D eigenvalue weighted by Crippen LogP contribution is 2.44. The second kappa shape index (κ2) is 14.0. The second-order valence-electron chi connectivity index (χ2n) is 16.1. The molecule has 0 aliphatic carbocycles. The zero-order chi connectivity index (χ0) is 41.4. The van der Waals surface area contributed by atoms with Gasteiger partial charge >= 0.3 is 0 Å². The van der Waals surface area contributed by atoms with E-state index in [0.29, 0.717) is 5.58 Å². The molecule has 0 radical (unpaired) electrons. The molecule has 0 aliphatic heterocycles. The fourth-order valence-corrected chi connectivity index (χ4v) is 9.61. The zero-order valence-electron chi connectivity index (χ0n) is 33.9. The van der Waals surface area contributed by atoms with Gasteiger partial charge in [0.25, 0.3) is 0 Å². The topological polar surface area (TPSA) is 57.0 Å². The van der Waals surface area contributed by atoms with E-state index >= 15 is 0 Å². The average Bonchev–Trinajstić information content (AvgIpc) is 4.04. The molecule has 0 fully saturated rings. The quantitative estimate of drug-likeness (QED) is 0.168. The number of furan rings is 2. The molecule has 0 atom stereocenters. The molecule has 0 saturated heterocycles. The molecule has 0 N–H and O–H groups in total. The lowest BCUT2D eigenvalue weighted by atomic mass is 9.95. The molecule has 9 aromatic carbocycles. The van der Waals surface area contributed by atoms with Crippen LogP contribution >= 0.6 is 0 Å². The van der Waals surface area contributed by atoms with Crippen molar-refractivity contribution < 1.29 is 8.83 Å². The number of hydrogen-bond acceptors (Lipinski definition) is 4. The van der Waals surface area contributed by atoms with E-state index in [-0.39, 0.29) is 0 Å². The lowest BCUT2D eigenvalue weighted by Crippen LogP contribution is -1.92. The monoisotopic (exact) mass is 805 g/mol. The molecule has 5 heteroatoms. The first-order valence-corrected chi connectivity index (χ1v) is 21.2. The van der Waals surface area contributed by atoms with Crippen LogP contribution in [0.15, 0.2) is 221 Å². The van der Waals surface area contributed by atoms with Crippen LogP contribution in [0.2, 0.25) is 0 Å². The molecule has 13 aromatic rings. The highest BCUT2D eigenvalue weighted by Gasteiger charge is 2.22. The van der Waals surface area contributed by atoms with Crippen molar-refractivity contribution in [2.24, 2.45) is 0 Å². The molecule has 5 nitrogen and oxygen atoms in total. The van der Waals surface area contributed by atoms with Crippen LogP contribution in [0.4, 0.5) is 0 Å². The Kier molecular flexibility index (Phi) is 7.84. The number of nitrogens with zero attached hydrogens (tertiary/aromatic N) is 3. The number of hydrogen-bond donors (Lipinski definition) is 0. The number of para-hydroxylation sites is 2. The van der Waals surface area contributed by atoms with Crippen molar-refractivity contribution in [1.82, 2.24) is 14.5 Å².